The van der Waals surface area contributed by atoms with E-state index in [9.17, 15) is 14.0 Å². The molecule has 0 unspecified atom stereocenters. The van der Waals surface area contributed by atoms with Crippen LogP contribution < -0.4 is 4.74 Å². The molecule has 1 aromatic heterocycles. The summed E-state index contributed by atoms with van der Waals surface area (Å²) in [6.07, 6.45) is 0.573. The second-order valence-corrected chi connectivity index (χ2v) is 6.04. The minimum atomic E-state index is -0.339. The number of aromatic nitrogens is 2. The molecular weight excluding hydrogens is 337 g/mol. The van der Waals surface area contributed by atoms with E-state index in [0.717, 1.165) is 0 Å². The van der Waals surface area contributed by atoms with Crippen LogP contribution in [-0.4, -0.2) is 39.2 Å². The van der Waals surface area contributed by atoms with Crippen LogP contribution in [0.2, 0.25) is 0 Å². The van der Waals surface area contributed by atoms with E-state index in [4.69, 9.17) is 9.15 Å². The summed E-state index contributed by atoms with van der Waals surface area (Å²) in [4.78, 5) is 24.2. The Morgan fingerprint density at radius 2 is 1.88 bits per heavy atom. The molecule has 3 rings (SSSR count). The number of imide groups is 1. The summed E-state index contributed by atoms with van der Waals surface area (Å²) in [5.41, 5.74) is 0. The van der Waals surface area contributed by atoms with Crippen molar-refractivity contribution in [1.29, 1.82) is 0 Å². The first-order chi connectivity index (χ1) is 11.6. The van der Waals surface area contributed by atoms with Crippen LogP contribution in [0.15, 0.2) is 33.9 Å². The fourth-order valence-corrected chi connectivity index (χ4v) is 2.83. The lowest BCUT2D eigenvalue weighted by Gasteiger charge is -2.11. The normalized spacial score (nSPS) is 14.5. The average molecular weight is 351 g/mol. The molecule has 2 amide bonds. The van der Waals surface area contributed by atoms with Gasteiger partial charge >= 0.3 is 0 Å². The number of amides is 2. The first-order valence-electron chi connectivity index (χ1n) is 7.28. The van der Waals surface area contributed by atoms with Gasteiger partial charge in [0.2, 0.25) is 11.8 Å². The van der Waals surface area contributed by atoms with Gasteiger partial charge in [0, 0.05) is 25.1 Å². The van der Waals surface area contributed by atoms with E-state index in [1.165, 1.54) is 40.9 Å². The van der Waals surface area contributed by atoms with Crippen molar-refractivity contribution in [2.24, 2.45) is 0 Å². The highest BCUT2D eigenvalue weighted by atomic mass is 32.2. The molecule has 0 bridgehead atoms. The summed E-state index contributed by atoms with van der Waals surface area (Å²) in [5, 5.41) is 8.05. The van der Waals surface area contributed by atoms with Crippen molar-refractivity contribution in [3.8, 4) is 5.75 Å². The number of hydrogen-bond acceptors (Lipinski definition) is 7. The molecule has 0 radical (unpaired) electrons. The van der Waals surface area contributed by atoms with Crippen molar-refractivity contribution in [2.45, 2.75) is 24.7 Å². The van der Waals surface area contributed by atoms with Crippen LogP contribution >= 0.6 is 11.8 Å². The number of carbonyl (C=O) groups is 2. The molecule has 1 saturated heterocycles. The fraction of sp³-hybridized carbons (Fsp3) is 0.333. The van der Waals surface area contributed by atoms with Crippen molar-refractivity contribution in [2.75, 3.05) is 12.3 Å². The van der Waals surface area contributed by atoms with Crippen LogP contribution in [0.5, 0.6) is 5.75 Å². The Balaban J connectivity index is 1.44. The van der Waals surface area contributed by atoms with Gasteiger partial charge in [-0.2, -0.15) is 0 Å². The standard InChI is InChI=1S/C15H14FN3O4S/c16-10-1-3-11(4-2-10)22-9-12-17-18-15(23-12)24-8-7-19-13(20)5-6-14(19)21/h1-4H,5-9H2. The number of rotatable bonds is 7. The van der Waals surface area contributed by atoms with E-state index >= 15 is 0 Å². The van der Waals surface area contributed by atoms with Crippen molar-refractivity contribution < 1.29 is 23.1 Å². The van der Waals surface area contributed by atoms with Crippen LogP contribution in [0, 0.1) is 5.82 Å². The highest BCUT2D eigenvalue weighted by Crippen LogP contribution is 2.19. The Bertz CT molecular complexity index is 719. The third kappa shape index (κ3) is 4.10. The van der Waals surface area contributed by atoms with Crippen molar-refractivity contribution >= 4 is 23.6 Å². The minimum absolute atomic E-state index is 0.0717. The molecule has 0 aliphatic carbocycles. The van der Waals surface area contributed by atoms with Crippen LogP contribution in [0.3, 0.4) is 0 Å². The average Bonchev–Trinajstić information content (AvgIpc) is 3.15. The van der Waals surface area contributed by atoms with E-state index in [1.54, 1.807) is 0 Å². The molecule has 7 nitrogen and oxygen atoms in total. The number of likely N-dealkylation sites (tertiary alicyclic amines) is 1. The third-order valence-electron chi connectivity index (χ3n) is 3.32. The second-order valence-electron chi connectivity index (χ2n) is 4.99. The van der Waals surface area contributed by atoms with Crippen molar-refractivity contribution in [3.63, 3.8) is 0 Å². The van der Waals surface area contributed by atoms with Gasteiger partial charge in [-0.1, -0.05) is 11.8 Å². The fourth-order valence-electron chi connectivity index (χ4n) is 2.13. The summed E-state index contributed by atoms with van der Waals surface area (Å²) in [5.74, 6) is 0.649. The molecule has 1 aliphatic rings. The molecule has 9 heteroatoms. The van der Waals surface area contributed by atoms with E-state index < -0.39 is 0 Å². The summed E-state index contributed by atoms with van der Waals surface area (Å²) >= 11 is 1.26. The second kappa shape index (κ2) is 7.43. The van der Waals surface area contributed by atoms with Gasteiger partial charge < -0.3 is 9.15 Å². The number of carbonyl (C=O) groups excluding carboxylic acids is 2. The maximum Gasteiger partial charge on any atom is 0.276 e. The van der Waals surface area contributed by atoms with E-state index in [2.05, 4.69) is 10.2 Å². The molecule has 0 saturated carbocycles. The van der Waals surface area contributed by atoms with Gasteiger partial charge in [-0.25, -0.2) is 4.39 Å². The SMILES string of the molecule is O=C1CCC(=O)N1CCSc1nnc(COc2ccc(F)cc2)o1. The summed E-state index contributed by atoms with van der Waals surface area (Å²) in [6.45, 7) is 0.397. The topological polar surface area (TPSA) is 85.5 Å². The predicted octanol–water partition coefficient (Wildman–Crippen LogP) is 2.03. The Morgan fingerprint density at radius 1 is 1.17 bits per heavy atom. The van der Waals surface area contributed by atoms with E-state index in [-0.39, 0.29) is 43.0 Å². The zero-order valence-electron chi connectivity index (χ0n) is 12.6. The van der Waals surface area contributed by atoms with Crippen LogP contribution in [-0.2, 0) is 16.2 Å². The third-order valence-corrected chi connectivity index (χ3v) is 4.12. The predicted molar refractivity (Wildman–Crippen MR) is 81.7 cm³/mol. The Hall–Kier alpha value is -2.42. The monoisotopic (exact) mass is 351 g/mol. The molecule has 2 aromatic rings. The van der Waals surface area contributed by atoms with Gasteiger partial charge in [-0.05, 0) is 24.3 Å². The van der Waals surface area contributed by atoms with Crippen molar-refractivity contribution in [3.05, 3.63) is 36.0 Å². The molecular formula is C15H14FN3O4S. The zero-order valence-corrected chi connectivity index (χ0v) is 13.4. The number of ether oxygens (including phenoxy) is 1. The largest absolute Gasteiger partial charge is 0.484 e. The van der Waals surface area contributed by atoms with Gasteiger partial charge in [-0.3, -0.25) is 14.5 Å². The van der Waals surface area contributed by atoms with Gasteiger partial charge in [0.25, 0.3) is 11.1 Å². The van der Waals surface area contributed by atoms with Gasteiger partial charge in [0.1, 0.15) is 11.6 Å². The molecule has 1 aliphatic heterocycles. The lowest BCUT2D eigenvalue weighted by atomic mass is 10.3. The van der Waals surface area contributed by atoms with Gasteiger partial charge in [0.15, 0.2) is 6.61 Å². The molecule has 1 fully saturated rings. The molecule has 2 heterocycles. The Kier molecular flexibility index (Phi) is 5.09. The highest BCUT2D eigenvalue weighted by molar-refractivity contribution is 7.99. The van der Waals surface area contributed by atoms with Crippen LogP contribution in [0.25, 0.3) is 0 Å². The highest BCUT2D eigenvalue weighted by Gasteiger charge is 2.28. The Labute approximate surface area is 141 Å². The Morgan fingerprint density at radius 3 is 2.58 bits per heavy atom. The van der Waals surface area contributed by atoms with E-state index in [0.29, 0.717) is 23.3 Å². The van der Waals surface area contributed by atoms with Crippen LogP contribution in [0.4, 0.5) is 4.39 Å². The van der Waals surface area contributed by atoms with Gasteiger partial charge in [-0.15, -0.1) is 10.2 Å². The molecule has 0 spiro atoms. The number of thioether (sulfide) groups is 1. The summed E-state index contributed by atoms with van der Waals surface area (Å²) in [6, 6.07) is 5.60. The minimum Gasteiger partial charge on any atom is -0.484 e. The number of benzene rings is 1. The molecule has 24 heavy (non-hydrogen) atoms. The summed E-state index contributed by atoms with van der Waals surface area (Å²) in [7, 11) is 0. The van der Waals surface area contributed by atoms with Gasteiger partial charge in [0.05, 0.1) is 0 Å². The first-order valence-corrected chi connectivity index (χ1v) is 8.27. The number of nitrogens with zero attached hydrogens (tertiary/aromatic N) is 3. The lowest BCUT2D eigenvalue weighted by Crippen LogP contribution is -2.31. The first kappa shape index (κ1) is 16.4. The molecule has 126 valence electrons. The number of halogens is 1. The quantitative estimate of drug-likeness (QED) is 0.557. The zero-order chi connectivity index (χ0) is 16.9. The molecule has 0 N–H and O–H groups in total. The molecule has 1 aromatic carbocycles. The summed E-state index contributed by atoms with van der Waals surface area (Å²) < 4.78 is 23.6. The van der Waals surface area contributed by atoms with E-state index in [1.807, 2.05) is 0 Å². The smallest absolute Gasteiger partial charge is 0.276 e. The molecule has 0 atom stereocenters. The maximum absolute atomic E-state index is 12.8. The number of hydrogen-bond donors (Lipinski definition) is 0. The van der Waals surface area contributed by atoms with Crippen molar-refractivity contribution in [1.82, 2.24) is 15.1 Å². The maximum atomic E-state index is 12.8. The van der Waals surface area contributed by atoms with Crippen LogP contribution in [0.1, 0.15) is 18.7 Å². The lowest BCUT2D eigenvalue weighted by molar-refractivity contribution is -0.137.